The van der Waals surface area contributed by atoms with Gasteiger partial charge < -0.3 is 33.8 Å². The van der Waals surface area contributed by atoms with Gasteiger partial charge in [0.05, 0.1) is 26.4 Å². The number of rotatable bonds is 73. The zero-order chi connectivity index (χ0) is 70.4. The zero-order valence-corrected chi connectivity index (χ0v) is 62.8. The monoisotopic (exact) mass is 1400 g/mol. The van der Waals surface area contributed by atoms with Gasteiger partial charge in [-0.15, -0.1) is 0 Å². The van der Waals surface area contributed by atoms with Gasteiger partial charge in [0, 0.05) is 25.7 Å². The number of unbranched alkanes of at least 4 members (excludes halogenated alkanes) is 37. The molecule has 0 aliphatic rings. The van der Waals surface area contributed by atoms with Crippen molar-refractivity contribution in [3.63, 3.8) is 0 Å². The first-order valence-electron chi connectivity index (χ1n) is 38.5. The number of carbonyl (C=O) groups excluding carboxylic acids is 4. The van der Waals surface area contributed by atoms with Crippen LogP contribution in [0.2, 0.25) is 0 Å². The minimum atomic E-state index is -4.97. The van der Waals surface area contributed by atoms with E-state index in [-0.39, 0.29) is 25.7 Å². The Balaban J connectivity index is 5.29. The highest BCUT2D eigenvalue weighted by Crippen LogP contribution is 2.45. The molecule has 0 aromatic heterocycles. The van der Waals surface area contributed by atoms with Crippen LogP contribution in [0.15, 0.2) is 60.8 Å². The van der Waals surface area contributed by atoms with Crippen LogP contribution >= 0.6 is 15.6 Å². The van der Waals surface area contributed by atoms with E-state index in [0.29, 0.717) is 25.7 Å². The molecular formula is C77H140O17P2. The van der Waals surface area contributed by atoms with Gasteiger partial charge >= 0.3 is 39.5 Å². The topological polar surface area (TPSA) is 237 Å². The van der Waals surface area contributed by atoms with Gasteiger partial charge in [0.25, 0.3) is 0 Å². The molecule has 0 aliphatic heterocycles. The van der Waals surface area contributed by atoms with Crippen molar-refractivity contribution in [1.29, 1.82) is 0 Å². The van der Waals surface area contributed by atoms with E-state index in [1.807, 2.05) is 0 Å². The zero-order valence-electron chi connectivity index (χ0n) is 61.1. The second-order valence-corrected chi connectivity index (χ2v) is 28.8. The van der Waals surface area contributed by atoms with E-state index in [4.69, 9.17) is 37.0 Å². The maximum absolute atomic E-state index is 13.1. The number of ether oxygens (including phenoxy) is 4. The molecule has 0 amide bonds. The molecule has 0 fully saturated rings. The van der Waals surface area contributed by atoms with Crippen LogP contribution in [0.1, 0.15) is 349 Å². The summed E-state index contributed by atoms with van der Waals surface area (Å²) in [5, 5.41) is 10.6. The lowest BCUT2D eigenvalue weighted by atomic mass is 10.1. The molecule has 0 saturated carbocycles. The molecule has 560 valence electrons. The van der Waals surface area contributed by atoms with Crippen LogP contribution in [0.5, 0.6) is 0 Å². The van der Waals surface area contributed by atoms with Crippen LogP contribution in [0.3, 0.4) is 0 Å². The first-order chi connectivity index (χ1) is 46.7. The van der Waals surface area contributed by atoms with Crippen molar-refractivity contribution in [3.8, 4) is 0 Å². The lowest BCUT2D eigenvalue weighted by Crippen LogP contribution is -2.30. The molecule has 5 unspecified atom stereocenters. The summed E-state index contributed by atoms with van der Waals surface area (Å²) in [7, 11) is -9.93. The Morgan fingerprint density at radius 3 is 0.854 bits per heavy atom. The number of phosphoric acid groups is 2. The highest BCUT2D eigenvalue weighted by atomic mass is 31.2. The fourth-order valence-electron chi connectivity index (χ4n) is 10.6. The summed E-state index contributed by atoms with van der Waals surface area (Å²) in [4.78, 5) is 72.8. The fraction of sp³-hybridized carbons (Fsp3) is 0.818. The van der Waals surface area contributed by atoms with Crippen LogP contribution < -0.4 is 0 Å². The second-order valence-electron chi connectivity index (χ2n) is 25.9. The molecule has 0 aromatic carbocycles. The summed E-state index contributed by atoms with van der Waals surface area (Å²) in [6, 6.07) is 0. The molecule has 0 radical (unpaired) electrons. The number of allylic oxidation sites excluding steroid dienone is 10. The van der Waals surface area contributed by atoms with Gasteiger partial charge in [-0.1, -0.05) is 275 Å². The van der Waals surface area contributed by atoms with Crippen LogP contribution in [-0.2, 0) is 65.4 Å². The molecule has 0 rings (SSSR count). The number of hydrogen-bond acceptors (Lipinski definition) is 15. The Morgan fingerprint density at radius 1 is 0.302 bits per heavy atom. The third kappa shape index (κ3) is 69.2. The van der Waals surface area contributed by atoms with Gasteiger partial charge in [-0.3, -0.25) is 37.3 Å². The third-order valence-corrected chi connectivity index (χ3v) is 18.4. The van der Waals surface area contributed by atoms with E-state index >= 15 is 0 Å². The molecule has 0 aliphatic carbocycles. The third-order valence-electron chi connectivity index (χ3n) is 16.5. The number of hydrogen-bond donors (Lipinski definition) is 3. The van der Waals surface area contributed by atoms with Gasteiger partial charge in [-0.2, -0.15) is 0 Å². The molecule has 96 heavy (non-hydrogen) atoms. The first-order valence-corrected chi connectivity index (χ1v) is 41.5. The van der Waals surface area contributed by atoms with E-state index in [9.17, 15) is 43.2 Å². The minimum absolute atomic E-state index is 0.0877. The lowest BCUT2D eigenvalue weighted by molar-refractivity contribution is -0.161. The average molecular weight is 1400 g/mol. The summed E-state index contributed by atoms with van der Waals surface area (Å²) in [6.07, 6.45) is 67.8. The van der Waals surface area contributed by atoms with Gasteiger partial charge in [0.1, 0.15) is 19.3 Å². The van der Waals surface area contributed by atoms with E-state index in [1.165, 1.54) is 103 Å². The largest absolute Gasteiger partial charge is 0.472 e. The number of carbonyl (C=O) groups is 4. The van der Waals surface area contributed by atoms with E-state index in [0.717, 1.165) is 167 Å². The van der Waals surface area contributed by atoms with Crippen LogP contribution in [0.4, 0.5) is 0 Å². The predicted octanol–water partition coefficient (Wildman–Crippen LogP) is 21.9. The molecule has 19 heteroatoms. The summed E-state index contributed by atoms with van der Waals surface area (Å²) in [5.41, 5.74) is 0. The second kappa shape index (κ2) is 70.2. The van der Waals surface area contributed by atoms with Gasteiger partial charge in [-0.25, -0.2) is 9.13 Å². The van der Waals surface area contributed by atoms with Crippen molar-refractivity contribution < 1.29 is 80.2 Å². The molecule has 0 bridgehead atoms. The minimum Gasteiger partial charge on any atom is -0.462 e. The van der Waals surface area contributed by atoms with Crippen molar-refractivity contribution in [3.05, 3.63) is 60.8 Å². The molecule has 0 saturated heterocycles. The van der Waals surface area contributed by atoms with Gasteiger partial charge in [0.2, 0.25) is 0 Å². The number of phosphoric ester groups is 2. The number of aliphatic hydroxyl groups excluding tert-OH is 1. The normalized spacial score (nSPS) is 14.3. The Labute approximate surface area is 584 Å². The van der Waals surface area contributed by atoms with E-state index < -0.39 is 97.5 Å². The summed E-state index contributed by atoms with van der Waals surface area (Å²) >= 11 is 0. The predicted molar refractivity (Wildman–Crippen MR) is 390 cm³/mol. The maximum atomic E-state index is 13.1. The Hall–Kier alpha value is -3.24. The first kappa shape index (κ1) is 92.8. The van der Waals surface area contributed by atoms with Crippen molar-refractivity contribution in [2.45, 2.75) is 367 Å². The summed E-state index contributed by atoms with van der Waals surface area (Å²) in [5.74, 6) is -2.17. The highest BCUT2D eigenvalue weighted by Gasteiger charge is 2.30. The molecule has 0 spiro atoms. The fourth-order valence-corrected chi connectivity index (χ4v) is 12.2. The van der Waals surface area contributed by atoms with Crippen LogP contribution in [-0.4, -0.2) is 96.7 Å². The Kier molecular flexibility index (Phi) is 67.8. The number of aliphatic hydroxyl groups is 1. The smallest absolute Gasteiger partial charge is 0.462 e. The van der Waals surface area contributed by atoms with Crippen LogP contribution in [0.25, 0.3) is 0 Å². The SMILES string of the molecule is CC/C=C\C/C=C\C/C=C\CCCCCCCCCC(=O)OCC(COP(=O)(O)OCC(O)COP(=O)(O)OCC(COC(=O)CCCCCCC/C=C\CCCCCCCC)OC(=O)CCCCCCC/C=C\CCCCCC)OC(=O)CCCCCCCCCCCCC. The maximum Gasteiger partial charge on any atom is 0.472 e. The summed E-state index contributed by atoms with van der Waals surface area (Å²) < 4.78 is 68.4. The summed E-state index contributed by atoms with van der Waals surface area (Å²) in [6.45, 7) is 4.76. The highest BCUT2D eigenvalue weighted by molar-refractivity contribution is 7.47. The quantitative estimate of drug-likeness (QED) is 0.0169. The van der Waals surface area contributed by atoms with Crippen molar-refractivity contribution in [1.82, 2.24) is 0 Å². The van der Waals surface area contributed by atoms with E-state index in [1.54, 1.807) is 0 Å². The molecule has 0 aromatic rings. The molecule has 0 heterocycles. The Bertz CT molecular complexity index is 2060. The van der Waals surface area contributed by atoms with Crippen molar-refractivity contribution >= 4 is 39.5 Å². The van der Waals surface area contributed by atoms with Crippen molar-refractivity contribution in [2.75, 3.05) is 39.6 Å². The van der Waals surface area contributed by atoms with E-state index in [2.05, 4.69) is 88.5 Å². The standard InChI is InChI=1S/C77H140O17P2/c1-5-9-13-17-21-25-29-32-34-35-37-40-43-46-50-54-58-62-75(80)87-67-72(93-76(81)63-59-55-51-47-41-28-24-20-16-12-8-4)69-91-95(83,84)89-65-71(78)66-90-96(85,86)92-70-73(94-77(82)64-60-56-52-48-44-38-31-27-23-19-15-11-7-3)68-88-74(79)61-57-53-49-45-42-39-36-33-30-26-22-18-14-10-6-2/h9,13,21,25,27,31-34,36,71-73,78H,5-8,10-12,14-20,22-24,26,28-30,35,37-70H2,1-4H3,(H,83,84)(H,85,86)/b13-9-,25-21-,31-27-,34-32-,36-33-. The Morgan fingerprint density at radius 2 is 0.542 bits per heavy atom. The molecule has 5 atom stereocenters. The van der Waals surface area contributed by atoms with Gasteiger partial charge in [-0.05, 0) is 109 Å². The van der Waals surface area contributed by atoms with Crippen molar-refractivity contribution in [2.24, 2.45) is 0 Å². The number of esters is 4. The molecular weight excluding hydrogens is 1260 g/mol. The van der Waals surface area contributed by atoms with Crippen LogP contribution in [0, 0.1) is 0 Å². The molecule has 17 nitrogen and oxygen atoms in total. The van der Waals surface area contributed by atoms with Gasteiger partial charge in [0.15, 0.2) is 12.2 Å². The molecule has 3 N–H and O–H groups in total. The average Bonchev–Trinajstić information content (AvgIpc) is 1.13. The lowest BCUT2D eigenvalue weighted by Gasteiger charge is -2.21.